The lowest BCUT2D eigenvalue weighted by Gasteiger charge is -2.25. The Morgan fingerprint density at radius 1 is 0.792 bits per heavy atom. The predicted octanol–water partition coefficient (Wildman–Crippen LogP) is 5.54. The molecule has 0 saturated heterocycles. The summed E-state index contributed by atoms with van der Waals surface area (Å²) >= 11 is 0. The molecule has 4 rings (SSSR count). The normalized spacial score (nSPS) is 16.4. The monoisotopic (exact) mass is 314 g/mol. The lowest BCUT2D eigenvalue weighted by Crippen LogP contribution is -2.12. The van der Waals surface area contributed by atoms with Gasteiger partial charge in [-0.1, -0.05) is 66.7 Å². The van der Waals surface area contributed by atoms with E-state index < -0.39 is 0 Å². The summed E-state index contributed by atoms with van der Waals surface area (Å²) < 4.78 is 5.97. The Morgan fingerprint density at radius 2 is 1.54 bits per heavy atom. The molecule has 3 aromatic rings. The van der Waals surface area contributed by atoms with Gasteiger partial charge in [0.25, 0.3) is 0 Å². The minimum atomic E-state index is 0.631. The molecule has 120 valence electrons. The van der Waals surface area contributed by atoms with Crippen LogP contribution < -0.4 is 4.74 Å². The van der Waals surface area contributed by atoms with Crippen molar-refractivity contribution in [3.05, 3.63) is 101 Å². The predicted molar refractivity (Wildman–Crippen MR) is 98.4 cm³/mol. The first-order valence-corrected chi connectivity index (χ1v) is 8.72. The fourth-order valence-electron chi connectivity index (χ4n) is 3.57. The lowest BCUT2D eigenvalue weighted by molar-refractivity contribution is 0.305. The third-order valence-electron chi connectivity index (χ3n) is 4.93. The van der Waals surface area contributed by atoms with Crippen molar-refractivity contribution < 1.29 is 4.74 Å². The summed E-state index contributed by atoms with van der Waals surface area (Å²) in [6, 6.07) is 27.8. The third kappa shape index (κ3) is 3.35. The van der Waals surface area contributed by atoms with Crippen LogP contribution in [0.1, 0.15) is 34.6 Å². The van der Waals surface area contributed by atoms with Gasteiger partial charge in [-0.15, -0.1) is 0 Å². The molecule has 1 atom stereocenters. The zero-order valence-electron chi connectivity index (χ0n) is 13.8. The molecular formula is C23H22O. The molecule has 0 fully saturated rings. The first-order chi connectivity index (χ1) is 11.9. The van der Waals surface area contributed by atoms with Gasteiger partial charge in [-0.2, -0.15) is 0 Å². The number of fused-ring (bicyclic) bond motifs is 1. The summed E-state index contributed by atoms with van der Waals surface area (Å²) in [5, 5.41) is 0. The van der Waals surface area contributed by atoms with Crippen LogP contribution >= 0.6 is 0 Å². The van der Waals surface area contributed by atoms with Gasteiger partial charge in [0.2, 0.25) is 0 Å². The van der Waals surface area contributed by atoms with E-state index in [1.165, 1.54) is 28.7 Å². The maximum atomic E-state index is 5.97. The van der Waals surface area contributed by atoms with Crippen LogP contribution in [-0.2, 0) is 19.4 Å². The van der Waals surface area contributed by atoms with Crippen LogP contribution in [-0.4, -0.2) is 0 Å². The fourth-order valence-corrected chi connectivity index (χ4v) is 3.57. The van der Waals surface area contributed by atoms with Gasteiger partial charge in [0.1, 0.15) is 12.4 Å². The first kappa shape index (κ1) is 15.0. The van der Waals surface area contributed by atoms with Crippen molar-refractivity contribution in [2.75, 3.05) is 0 Å². The SMILES string of the molecule is c1ccc(COc2ccc3c(c2)CC[C@H](c2ccccc2)C3)cc1. The van der Waals surface area contributed by atoms with Gasteiger partial charge in [0.15, 0.2) is 0 Å². The van der Waals surface area contributed by atoms with Crippen molar-refractivity contribution in [3.8, 4) is 5.75 Å². The van der Waals surface area contributed by atoms with Crippen LogP contribution in [0.25, 0.3) is 0 Å². The molecule has 0 unspecified atom stereocenters. The number of hydrogen-bond donors (Lipinski definition) is 0. The third-order valence-corrected chi connectivity index (χ3v) is 4.93. The van der Waals surface area contributed by atoms with Crippen molar-refractivity contribution in [2.45, 2.75) is 31.8 Å². The highest BCUT2D eigenvalue weighted by molar-refractivity contribution is 5.39. The molecule has 1 nitrogen and oxygen atoms in total. The van der Waals surface area contributed by atoms with Crippen LogP contribution in [0.2, 0.25) is 0 Å². The second-order valence-electron chi connectivity index (χ2n) is 6.56. The fraction of sp³-hybridized carbons (Fsp3) is 0.217. The van der Waals surface area contributed by atoms with Crippen LogP contribution in [0.4, 0.5) is 0 Å². The smallest absolute Gasteiger partial charge is 0.120 e. The molecule has 1 aliphatic carbocycles. The van der Waals surface area contributed by atoms with E-state index in [1.807, 2.05) is 6.07 Å². The molecule has 0 saturated carbocycles. The van der Waals surface area contributed by atoms with Gasteiger partial charge in [-0.25, -0.2) is 0 Å². The molecule has 0 radical (unpaired) electrons. The molecule has 24 heavy (non-hydrogen) atoms. The maximum absolute atomic E-state index is 5.97. The zero-order valence-corrected chi connectivity index (χ0v) is 13.8. The lowest BCUT2D eigenvalue weighted by atomic mass is 9.80. The van der Waals surface area contributed by atoms with Crippen LogP contribution in [0.5, 0.6) is 5.75 Å². The molecule has 0 aliphatic heterocycles. The Balaban J connectivity index is 1.45. The summed E-state index contributed by atoms with van der Waals surface area (Å²) in [5.41, 5.74) is 5.60. The Kier molecular flexibility index (Phi) is 4.33. The molecule has 0 heterocycles. The van der Waals surface area contributed by atoms with Gasteiger partial charge < -0.3 is 4.74 Å². The van der Waals surface area contributed by atoms with E-state index in [9.17, 15) is 0 Å². The first-order valence-electron chi connectivity index (χ1n) is 8.72. The van der Waals surface area contributed by atoms with E-state index >= 15 is 0 Å². The summed E-state index contributed by atoms with van der Waals surface area (Å²) in [7, 11) is 0. The van der Waals surface area contributed by atoms with E-state index in [1.54, 1.807) is 0 Å². The Bertz CT molecular complexity index is 793. The Hall–Kier alpha value is -2.54. The van der Waals surface area contributed by atoms with E-state index in [-0.39, 0.29) is 0 Å². The number of ether oxygens (including phenoxy) is 1. The van der Waals surface area contributed by atoms with Gasteiger partial charge >= 0.3 is 0 Å². The summed E-state index contributed by atoms with van der Waals surface area (Å²) in [5.74, 6) is 1.63. The highest BCUT2D eigenvalue weighted by Gasteiger charge is 2.20. The zero-order chi connectivity index (χ0) is 16.2. The minimum Gasteiger partial charge on any atom is -0.489 e. The number of rotatable bonds is 4. The summed E-state index contributed by atoms with van der Waals surface area (Å²) in [6.07, 6.45) is 3.49. The quantitative estimate of drug-likeness (QED) is 0.614. The molecule has 0 aromatic heterocycles. The van der Waals surface area contributed by atoms with Crippen LogP contribution in [0.15, 0.2) is 78.9 Å². The summed E-state index contributed by atoms with van der Waals surface area (Å²) in [6.45, 7) is 0.631. The highest BCUT2D eigenvalue weighted by atomic mass is 16.5. The van der Waals surface area contributed by atoms with Crippen molar-refractivity contribution in [3.63, 3.8) is 0 Å². The number of benzene rings is 3. The van der Waals surface area contributed by atoms with Gasteiger partial charge in [-0.05, 0) is 59.6 Å². The molecule has 0 spiro atoms. The minimum absolute atomic E-state index is 0.631. The van der Waals surface area contributed by atoms with Gasteiger partial charge in [-0.3, -0.25) is 0 Å². The Labute approximate surface area is 143 Å². The largest absolute Gasteiger partial charge is 0.489 e. The van der Waals surface area contributed by atoms with Crippen molar-refractivity contribution in [1.29, 1.82) is 0 Å². The Morgan fingerprint density at radius 3 is 2.33 bits per heavy atom. The molecule has 1 heteroatoms. The van der Waals surface area contributed by atoms with E-state index in [0.29, 0.717) is 12.5 Å². The van der Waals surface area contributed by atoms with Gasteiger partial charge in [0.05, 0.1) is 0 Å². The van der Waals surface area contributed by atoms with E-state index in [2.05, 4.69) is 72.8 Å². The van der Waals surface area contributed by atoms with Crippen LogP contribution in [0.3, 0.4) is 0 Å². The van der Waals surface area contributed by atoms with Crippen molar-refractivity contribution in [1.82, 2.24) is 0 Å². The van der Waals surface area contributed by atoms with E-state index in [0.717, 1.165) is 18.6 Å². The molecule has 0 bridgehead atoms. The van der Waals surface area contributed by atoms with Crippen molar-refractivity contribution in [2.24, 2.45) is 0 Å². The second-order valence-corrected chi connectivity index (χ2v) is 6.56. The second kappa shape index (κ2) is 6.92. The standard InChI is InChI=1S/C23H22O/c1-3-7-18(8-4-1)17-24-23-14-13-21-15-20(11-12-22(21)16-23)19-9-5-2-6-10-19/h1-10,13-14,16,20H,11-12,15,17H2/t20-/m0/s1. The van der Waals surface area contributed by atoms with Crippen molar-refractivity contribution >= 4 is 0 Å². The topological polar surface area (TPSA) is 9.23 Å². The van der Waals surface area contributed by atoms with Gasteiger partial charge in [0, 0.05) is 0 Å². The maximum Gasteiger partial charge on any atom is 0.120 e. The van der Waals surface area contributed by atoms with Crippen LogP contribution in [0, 0.1) is 0 Å². The average Bonchev–Trinajstić information content (AvgIpc) is 2.67. The molecule has 3 aromatic carbocycles. The highest BCUT2D eigenvalue weighted by Crippen LogP contribution is 2.34. The number of aryl methyl sites for hydroxylation is 1. The summed E-state index contributed by atoms with van der Waals surface area (Å²) in [4.78, 5) is 0. The molecule has 1 aliphatic rings. The molecule has 0 N–H and O–H groups in total. The molecule has 0 amide bonds. The van der Waals surface area contributed by atoms with E-state index in [4.69, 9.17) is 4.74 Å². The number of hydrogen-bond acceptors (Lipinski definition) is 1. The average molecular weight is 314 g/mol. The molecular weight excluding hydrogens is 292 g/mol.